The summed E-state index contributed by atoms with van der Waals surface area (Å²) in [6.07, 6.45) is 7.07. The van der Waals surface area contributed by atoms with Crippen LogP contribution in [0.3, 0.4) is 0 Å². The zero-order valence-electron chi connectivity index (χ0n) is 8.12. The number of hydrogen-bond acceptors (Lipinski definition) is 0. The third-order valence-corrected chi connectivity index (χ3v) is 2.04. The van der Waals surface area contributed by atoms with E-state index in [4.69, 9.17) is 0 Å². The molecule has 0 saturated heterocycles. The SMILES string of the molecule is C=CCc1n(C(C)C)cc[n+]1C. The van der Waals surface area contributed by atoms with Gasteiger partial charge in [0.1, 0.15) is 12.4 Å². The molecule has 0 aliphatic rings. The van der Waals surface area contributed by atoms with Crippen LogP contribution in [0, 0.1) is 0 Å². The third kappa shape index (κ3) is 1.58. The lowest BCUT2D eigenvalue weighted by Crippen LogP contribution is -2.32. The van der Waals surface area contributed by atoms with Crippen LogP contribution >= 0.6 is 0 Å². The molecule has 0 aromatic carbocycles. The van der Waals surface area contributed by atoms with Crippen molar-refractivity contribution in [3.05, 3.63) is 30.9 Å². The fourth-order valence-corrected chi connectivity index (χ4v) is 1.37. The topological polar surface area (TPSA) is 8.81 Å². The molecule has 0 unspecified atom stereocenters. The molecule has 1 aromatic heterocycles. The van der Waals surface area contributed by atoms with E-state index in [-0.39, 0.29) is 0 Å². The second-order valence-corrected chi connectivity index (χ2v) is 3.32. The lowest BCUT2D eigenvalue weighted by atomic mass is 10.3. The summed E-state index contributed by atoms with van der Waals surface area (Å²) < 4.78 is 4.41. The molecule has 0 N–H and O–H groups in total. The van der Waals surface area contributed by atoms with Gasteiger partial charge in [-0.3, -0.25) is 0 Å². The molecule has 0 atom stereocenters. The predicted molar refractivity (Wildman–Crippen MR) is 49.9 cm³/mol. The highest BCUT2D eigenvalue weighted by atomic mass is 15.1. The van der Waals surface area contributed by atoms with Crippen LogP contribution in [0.25, 0.3) is 0 Å². The molecule has 2 heteroatoms. The Bertz CT molecular complexity index is 271. The summed E-state index contributed by atoms with van der Waals surface area (Å²) >= 11 is 0. The molecule has 1 aromatic rings. The van der Waals surface area contributed by atoms with Gasteiger partial charge in [0.05, 0.1) is 19.5 Å². The van der Waals surface area contributed by atoms with Crippen molar-refractivity contribution in [2.45, 2.75) is 26.3 Å². The molecule has 2 nitrogen and oxygen atoms in total. The molecular formula is C10H17N2+. The molecule has 0 aliphatic heterocycles. The van der Waals surface area contributed by atoms with Crippen molar-refractivity contribution in [1.82, 2.24) is 4.57 Å². The van der Waals surface area contributed by atoms with Crippen molar-refractivity contribution in [2.75, 3.05) is 0 Å². The van der Waals surface area contributed by atoms with Crippen molar-refractivity contribution in [2.24, 2.45) is 7.05 Å². The molecule has 0 bridgehead atoms. The van der Waals surface area contributed by atoms with Crippen LogP contribution in [-0.2, 0) is 13.5 Å². The van der Waals surface area contributed by atoms with E-state index in [0.29, 0.717) is 6.04 Å². The first kappa shape index (κ1) is 9.04. The summed E-state index contributed by atoms with van der Waals surface area (Å²) in [5.41, 5.74) is 0. The Hall–Kier alpha value is -1.05. The summed E-state index contributed by atoms with van der Waals surface area (Å²) in [4.78, 5) is 0. The minimum Gasteiger partial charge on any atom is -0.237 e. The van der Waals surface area contributed by atoms with Crippen LogP contribution in [0.5, 0.6) is 0 Å². The summed E-state index contributed by atoms with van der Waals surface area (Å²) in [6, 6.07) is 0.529. The van der Waals surface area contributed by atoms with Crippen molar-refractivity contribution >= 4 is 0 Å². The first-order chi connectivity index (χ1) is 5.66. The van der Waals surface area contributed by atoms with Crippen molar-refractivity contribution in [3.63, 3.8) is 0 Å². The highest BCUT2D eigenvalue weighted by Crippen LogP contribution is 2.06. The first-order valence-electron chi connectivity index (χ1n) is 4.33. The Kier molecular flexibility index (Phi) is 2.69. The maximum atomic E-state index is 3.75. The van der Waals surface area contributed by atoms with E-state index in [1.54, 1.807) is 0 Å². The molecule has 0 saturated carbocycles. The smallest absolute Gasteiger partial charge is 0.237 e. The lowest BCUT2D eigenvalue weighted by molar-refractivity contribution is -0.678. The summed E-state index contributed by atoms with van der Waals surface area (Å²) in [5.74, 6) is 1.31. The molecule has 0 aliphatic carbocycles. The standard InChI is InChI=1S/C10H17N2/c1-5-6-10-11(4)7-8-12(10)9(2)3/h5,7-9H,1,6H2,2-4H3/q+1. The fourth-order valence-electron chi connectivity index (χ4n) is 1.37. The molecule has 0 spiro atoms. The van der Waals surface area contributed by atoms with Gasteiger partial charge in [-0.05, 0) is 13.8 Å². The van der Waals surface area contributed by atoms with Gasteiger partial charge < -0.3 is 0 Å². The Morgan fingerprint density at radius 1 is 1.67 bits per heavy atom. The zero-order valence-corrected chi connectivity index (χ0v) is 8.12. The average molecular weight is 165 g/mol. The highest BCUT2D eigenvalue weighted by molar-refractivity contribution is 4.92. The molecule has 0 fully saturated rings. The maximum Gasteiger partial charge on any atom is 0.260 e. The summed E-state index contributed by atoms with van der Waals surface area (Å²) in [7, 11) is 2.07. The van der Waals surface area contributed by atoms with Gasteiger partial charge in [0.25, 0.3) is 5.82 Å². The molecule has 12 heavy (non-hydrogen) atoms. The first-order valence-corrected chi connectivity index (χ1v) is 4.33. The van der Waals surface area contributed by atoms with E-state index in [9.17, 15) is 0 Å². The zero-order chi connectivity index (χ0) is 9.14. The monoisotopic (exact) mass is 165 g/mol. The lowest BCUT2D eigenvalue weighted by Gasteiger charge is -2.03. The Morgan fingerprint density at radius 3 is 2.83 bits per heavy atom. The van der Waals surface area contributed by atoms with Crippen LogP contribution in [0.1, 0.15) is 25.7 Å². The second kappa shape index (κ2) is 3.57. The van der Waals surface area contributed by atoms with E-state index in [2.05, 4.69) is 49.0 Å². The molecule has 1 rings (SSSR count). The Balaban J connectivity index is 3.03. The Morgan fingerprint density at radius 2 is 2.33 bits per heavy atom. The Labute approximate surface area is 74.1 Å². The third-order valence-electron chi connectivity index (χ3n) is 2.04. The predicted octanol–water partition coefficient (Wildman–Crippen LogP) is 1.62. The number of allylic oxidation sites excluding steroid dienone is 1. The normalized spacial score (nSPS) is 10.7. The quantitative estimate of drug-likeness (QED) is 0.475. The maximum absolute atomic E-state index is 3.75. The highest BCUT2D eigenvalue weighted by Gasteiger charge is 2.14. The van der Waals surface area contributed by atoms with Gasteiger partial charge in [0.2, 0.25) is 0 Å². The average Bonchev–Trinajstić information content (AvgIpc) is 2.34. The van der Waals surface area contributed by atoms with Gasteiger partial charge in [-0.25, -0.2) is 9.13 Å². The fraction of sp³-hybridized carbons (Fsp3) is 0.500. The number of imidazole rings is 1. The molecule has 66 valence electrons. The summed E-state index contributed by atoms with van der Waals surface area (Å²) in [6.45, 7) is 8.12. The van der Waals surface area contributed by atoms with E-state index in [1.165, 1.54) is 5.82 Å². The minimum absolute atomic E-state index is 0.529. The van der Waals surface area contributed by atoms with Crippen LogP contribution in [0.15, 0.2) is 25.0 Å². The second-order valence-electron chi connectivity index (χ2n) is 3.32. The number of hydrogen-bond donors (Lipinski definition) is 0. The van der Waals surface area contributed by atoms with Crippen LogP contribution in [0.2, 0.25) is 0 Å². The van der Waals surface area contributed by atoms with Gasteiger partial charge in [0.15, 0.2) is 0 Å². The van der Waals surface area contributed by atoms with Crippen LogP contribution in [-0.4, -0.2) is 4.57 Å². The number of aromatic nitrogens is 2. The molecule has 1 heterocycles. The van der Waals surface area contributed by atoms with Crippen LogP contribution < -0.4 is 4.57 Å². The van der Waals surface area contributed by atoms with E-state index >= 15 is 0 Å². The van der Waals surface area contributed by atoms with E-state index < -0.39 is 0 Å². The van der Waals surface area contributed by atoms with Crippen molar-refractivity contribution in [3.8, 4) is 0 Å². The molecular weight excluding hydrogens is 148 g/mol. The van der Waals surface area contributed by atoms with E-state index in [0.717, 1.165) is 6.42 Å². The largest absolute Gasteiger partial charge is 0.260 e. The van der Waals surface area contributed by atoms with Gasteiger partial charge in [-0.15, -0.1) is 6.58 Å². The van der Waals surface area contributed by atoms with Crippen LogP contribution in [0.4, 0.5) is 0 Å². The van der Waals surface area contributed by atoms with E-state index in [1.807, 2.05) is 6.08 Å². The van der Waals surface area contributed by atoms with Gasteiger partial charge in [-0.2, -0.15) is 0 Å². The number of nitrogens with zero attached hydrogens (tertiary/aromatic N) is 2. The van der Waals surface area contributed by atoms with Crippen molar-refractivity contribution in [1.29, 1.82) is 0 Å². The van der Waals surface area contributed by atoms with Gasteiger partial charge >= 0.3 is 0 Å². The van der Waals surface area contributed by atoms with Crippen molar-refractivity contribution < 1.29 is 4.57 Å². The molecule has 0 amide bonds. The minimum atomic E-state index is 0.529. The van der Waals surface area contributed by atoms with Gasteiger partial charge in [-0.1, -0.05) is 6.08 Å². The van der Waals surface area contributed by atoms with Gasteiger partial charge in [0, 0.05) is 0 Å². The number of rotatable bonds is 3. The summed E-state index contributed by atoms with van der Waals surface area (Å²) in [5, 5.41) is 0. The molecule has 0 radical (unpaired) electrons. The number of aryl methyl sites for hydroxylation is 1.